The number of rotatable bonds is 4. The number of hydrogen-bond donors (Lipinski definition) is 1. The van der Waals surface area contributed by atoms with Crippen molar-refractivity contribution in [1.29, 1.82) is 0 Å². The van der Waals surface area contributed by atoms with Gasteiger partial charge in [-0.1, -0.05) is 58.5 Å². The molecule has 1 aromatic heterocycles. The van der Waals surface area contributed by atoms with Crippen molar-refractivity contribution in [3.05, 3.63) is 80.0 Å². The van der Waals surface area contributed by atoms with Crippen molar-refractivity contribution in [3.8, 4) is 0 Å². The summed E-state index contributed by atoms with van der Waals surface area (Å²) in [5.74, 6) is 0. The molecule has 3 aromatic rings. The van der Waals surface area contributed by atoms with Gasteiger partial charge < -0.3 is 4.98 Å². The maximum absolute atomic E-state index is 6.09. The normalized spacial score (nSPS) is 11.2. The molecule has 0 atom stereocenters. The minimum absolute atomic E-state index is 0.194. The van der Waals surface area contributed by atoms with Crippen molar-refractivity contribution in [2.75, 3.05) is 0 Å². The van der Waals surface area contributed by atoms with E-state index >= 15 is 0 Å². The summed E-state index contributed by atoms with van der Waals surface area (Å²) in [4.78, 5) is 11.8. The Bertz CT molecular complexity index is 871. The fourth-order valence-corrected chi connectivity index (χ4v) is 3.06. The number of halogens is 6. The van der Waals surface area contributed by atoms with Crippen molar-refractivity contribution in [1.82, 2.24) is 4.98 Å². The Hall–Kier alpha value is -0.681. The van der Waals surface area contributed by atoms with Gasteiger partial charge >= 0.3 is 33.3 Å². The fourth-order valence-electron chi connectivity index (χ4n) is 2.07. The van der Waals surface area contributed by atoms with Crippen molar-refractivity contribution in [2.45, 2.75) is 0 Å². The maximum atomic E-state index is 6.09. The van der Waals surface area contributed by atoms with E-state index in [1.165, 1.54) is 0 Å². The molecule has 0 aliphatic rings. The Morgan fingerprint density at radius 2 is 0.964 bits per heavy atom. The van der Waals surface area contributed by atoms with Crippen LogP contribution in [0.2, 0.25) is 20.1 Å². The van der Waals surface area contributed by atoms with Crippen LogP contribution < -0.4 is 0 Å². The second-order valence-corrected chi connectivity index (χ2v) is 8.53. The van der Waals surface area contributed by atoms with E-state index in [2.05, 4.69) is 15.0 Å². The van der Waals surface area contributed by atoms with Crippen LogP contribution in [-0.2, 0) is 13.1 Å². The summed E-state index contributed by atoms with van der Waals surface area (Å²) in [5, 5.41) is 1.96. The molecule has 1 N–H and O–H groups in total. The van der Waals surface area contributed by atoms with E-state index in [0.717, 1.165) is 11.4 Å². The van der Waals surface area contributed by atoms with E-state index < -0.39 is 0 Å². The molecule has 0 aliphatic carbocycles. The number of hydrogen-bond acceptors (Lipinski definition) is 2. The molecule has 0 spiro atoms. The molecular weight excluding hydrogens is 527 g/mol. The summed E-state index contributed by atoms with van der Waals surface area (Å²) in [5.41, 5.74) is 2.61. The van der Waals surface area contributed by atoms with E-state index in [1.807, 2.05) is 12.1 Å². The SMILES string of the molecule is Clc1cccc(Cl)c1N=Cc1ccc(C=Nc2c(Cl)cccc2Cl)[nH]1.[Cl][Fe][Cl]. The molecule has 3 rings (SSSR count). The molecular formula is C18H11Cl6FeN3. The van der Waals surface area contributed by atoms with Crippen LogP contribution in [0.4, 0.5) is 11.4 Å². The van der Waals surface area contributed by atoms with E-state index in [-0.39, 0.29) is 13.1 Å². The molecule has 0 saturated carbocycles. The number of para-hydroxylation sites is 2. The molecule has 0 fully saturated rings. The molecule has 0 aliphatic heterocycles. The van der Waals surface area contributed by atoms with Gasteiger partial charge in [0, 0.05) is 0 Å². The predicted octanol–water partition coefficient (Wildman–Crippen LogP) is 8.51. The second-order valence-electron chi connectivity index (χ2n) is 5.08. The third kappa shape index (κ3) is 6.98. The summed E-state index contributed by atoms with van der Waals surface area (Å²) < 4.78 is 0. The summed E-state index contributed by atoms with van der Waals surface area (Å²) in [6.07, 6.45) is 3.29. The van der Waals surface area contributed by atoms with Gasteiger partial charge in [-0.3, -0.25) is 9.98 Å². The Morgan fingerprint density at radius 1 is 0.643 bits per heavy atom. The van der Waals surface area contributed by atoms with E-state index in [0.29, 0.717) is 31.5 Å². The number of nitrogens with zero attached hydrogens (tertiary/aromatic N) is 2. The van der Waals surface area contributed by atoms with Gasteiger partial charge in [-0.2, -0.15) is 0 Å². The zero-order valence-electron chi connectivity index (χ0n) is 13.8. The quantitative estimate of drug-likeness (QED) is 0.256. The van der Waals surface area contributed by atoms with Crippen LogP contribution in [0.15, 0.2) is 58.5 Å². The standard InChI is InChI=1S/C18H11Cl4N3.2ClH.Fe/c19-13-3-1-4-14(20)17(13)23-9-11-7-8-12(25-11)10-24-18-15(21)5-2-6-16(18)22;;;/h1-10,25H;2*1H;/q;;;+2/p-2. The molecule has 1 heterocycles. The molecule has 2 aromatic carbocycles. The first-order chi connectivity index (χ1) is 13.5. The fraction of sp³-hybridized carbons (Fsp3) is 0. The van der Waals surface area contributed by atoms with Gasteiger partial charge in [0.15, 0.2) is 0 Å². The average molecular weight is 538 g/mol. The molecule has 0 radical (unpaired) electrons. The molecule has 0 bridgehead atoms. The topological polar surface area (TPSA) is 40.5 Å². The van der Waals surface area contributed by atoms with Crippen molar-refractivity contribution >= 4 is 90.4 Å². The van der Waals surface area contributed by atoms with Crippen molar-refractivity contribution in [3.63, 3.8) is 0 Å². The molecule has 10 heteroatoms. The first kappa shape index (κ1) is 23.6. The number of H-pyrrole nitrogens is 1. The first-order valence-electron chi connectivity index (χ1n) is 7.46. The predicted molar refractivity (Wildman–Crippen MR) is 120 cm³/mol. The minimum atomic E-state index is 0.194. The third-order valence-electron chi connectivity index (χ3n) is 3.27. The molecule has 0 amide bonds. The van der Waals surface area contributed by atoms with Crippen LogP contribution in [0.1, 0.15) is 11.4 Å². The third-order valence-corrected chi connectivity index (χ3v) is 4.49. The van der Waals surface area contributed by atoms with E-state index in [9.17, 15) is 0 Å². The van der Waals surface area contributed by atoms with Crippen LogP contribution in [0.3, 0.4) is 0 Å². The summed E-state index contributed by atoms with van der Waals surface area (Å²) in [6.45, 7) is 0. The molecule has 28 heavy (non-hydrogen) atoms. The number of aromatic nitrogens is 1. The first-order valence-corrected chi connectivity index (χ1v) is 12.0. The average Bonchev–Trinajstić information content (AvgIpc) is 3.09. The van der Waals surface area contributed by atoms with E-state index in [1.54, 1.807) is 48.8 Å². The number of nitrogens with one attached hydrogen (secondary N) is 1. The van der Waals surface area contributed by atoms with Gasteiger partial charge in [0.25, 0.3) is 0 Å². The Labute approximate surface area is 197 Å². The van der Waals surface area contributed by atoms with Crippen molar-refractivity contribution < 1.29 is 13.1 Å². The van der Waals surface area contributed by atoms with Gasteiger partial charge in [-0.15, -0.1) is 0 Å². The van der Waals surface area contributed by atoms with Crippen LogP contribution in [0, 0.1) is 0 Å². The summed E-state index contributed by atoms with van der Waals surface area (Å²) >= 11 is 24.6. The van der Waals surface area contributed by atoms with Gasteiger partial charge in [0.1, 0.15) is 11.4 Å². The zero-order chi connectivity index (χ0) is 20.5. The number of benzene rings is 2. The molecule has 3 nitrogen and oxygen atoms in total. The Morgan fingerprint density at radius 3 is 1.29 bits per heavy atom. The van der Waals surface area contributed by atoms with Crippen LogP contribution in [0.25, 0.3) is 0 Å². The Kier molecular flexibility index (Phi) is 10.2. The van der Waals surface area contributed by atoms with Gasteiger partial charge in [0.2, 0.25) is 0 Å². The van der Waals surface area contributed by atoms with Crippen LogP contribution >= 0.6 is 66.6 Å². The monoisotopic (exact) mass is 535 g/mol. The summed E-state index contributed by atoms with van der Waals surface area (Å²) in [7, 11) is 9.53. The van der Waals surface area contributed by atoms with Crippen LogP contribution in [-0.4, -0.2) is 17.4 Å². The van der Waals surface area contributed by atoms with Crippen LogP contribution in [0.5, 0.6) is 0 Å². The second kappa shape index (κ2) is 12.1. The molecule has 0 unspecified atom stereocenters. The van der Waals surface area contributed by atoms with Gasteiger partial charge in [-0.05, 0) is 36.4 Å². The van der Waals surface area contributed by atoms with Crippen molar-refractivity contribution in [2.24, 2.45) is 9.98 Å². The number of aromatic amines is 1. The van der Waals surface area contributed by atoms with Gasteiger partial charge in [-0.25, -0.2) is 0 Å². The van der Waals surface area contributed by atoms with E-state index in [4.69, 9.17) is 66.6 Å². The molecule has 0 saturated heterocycles. The Balaban J connectivity index is 0.000000878. The van der Waals surface area contributed by atoms with Gasteiger partial charge in [0.05, 0.1) is 43.9 Å². The number of aliphatic imine (C=N–C) groups is 2. The summed E-state index contributed by atoms with van der Waals surface area (Å²) in [6, 6.07) is 14.2. The zero-order valence-corrected chi connectivity index (χ0v) is 19.4. The molecule has 148 valence electrons.